The van der Waals surface area contributed by atoms with E-state index in [0.717, 1.165) is 5.56 Å². The number of ether oxygens (including phenoxy) is 5. The normalized spacial score (nSPS) is 11.7. The third kappa shape index (κ3) is 13.6. The van der Waals surface area contributed by atoms with Gasteiger partial charge in [0, 0.05) is 0 Å². The zero-order valence-electron chi connectivity index (χ0n) is 28.8. The van der Waals surface area contributed by atoms with E-state index in [2.05, 4.69) is 0 Å². The number of benzene rings is 3. The monoisotopic (exact) mass is 650 g/mol. The van der Waals surface area contributed by atoms with Crippen molar-refractivity contribution in [1.82, 2.24) is 0 Å². The maximum atomic E-state index is 12.3. The van der Waals surface area contributed by atoms with Crippen molar-refractivity contribution >= 4 is 23.9 Å². The highest BCUT2D eigenvalue weighted by Crippen LogP contribution is 2.24. The maximum Gasteiger partial charge on any atom is 0.350 e. The van der Waals surface area contributed by atoms with Gasteiger partial charge in [-0.05, 0) is 123 Å². The summed E-state index contributed by atoms with van der Waals surface area (Å²) in [6.45, 7) is 17.5. The van der Waals surface area contributed by atoms with Crippen LogP contribution in [0.3, 0.4) is 0 Å². The van der Waals surface area contributed by atoms with E-state index in [0.29, 0.717) is 17.1 Å². The first kappa shape index (κ1) is 38.3. The minimum absolute atomic E-state index is 0.160. The van der Waals surface area contributed by atoms with Gasteiger partial charge in [-0.2, -0.15) is 0 Å². The smallest absolute Gasteiger partial charge is 0.350 e. The fourth-order valence-corrected chi connectivity index (χ4v) is 3.61. The van der Waals surface area contributed by atoms with Crippen molar-refractivity contribution in [2.75, 3.05) is 0 Å². The van der Waals surface area contributed by atoms with Gasteiger partial charge in [-0.1, -0.05) is 30.3 Å². The number of hydrogen-bond acceptors (Lipinski definition) is 9. The Hall–Kier alpha value is -4.86. The lowest BCUT2D eigenvalue weighted by atomic mass is 10.1. The van der Waals surface area contributed by atoms with Gasteiger partial charge >= 0.3 is 23.9 Å². The molecule has 0 amide bonds. The minimum Gasteiger partial charge on any atom is -0.478 e. The van der Waals surface area contributed by atoms with Crippen LogP contribution in [0.15, 0.2) is 78.9 Å². The number of esters is 3. The van der Waals surface area contributed by atoms with Gasteiger partial charge in [0.15, 0.2) is 11.2 Å². The molecule has 0 saturated carbocycles. The molecule has 3 rings (SSSR count). The second-order valence-corrected chi connectivity index (χ2v) is 13.6. The predicted octanol–water partition coefficient (Wildman–Crippen LogP) is 7.43. The van der Waals surface area contributed by atoms with Crippen molar-refractivity contribution < 1.29 is 48.0 Å². The van der Waals surface area contributed by atoms with Crippen molar-refractivity contribution in [3.8, 4) is 11.5 Å². The molecule has 0 radical (unpaired) electrons. The molecule has 0 aliphatic rings. The Morgan fingerprint density at radius 2 is 0.936 bits per heavy atom. The third-order valence-corrected chi connectivity index (χ3v) is 5.93. The number of hydrogen-bond donors (Lipinski definition) is 1. The lowest BCUT2D eigenvalue weighted by Gasteiger charge is -2.29. The van der Waals surface area contributed by atoms with Crippen LogP contribution in [0.1, 0.15) is 95.5 Å². The first-order chi connectivity index (χ1) is 21.6. The molecule has 0 fully saturated rings. The van der Waals surface area contributed by atoms with E-state index in [1.807, 2.05) is 30.3 Å². The topological polar surface area (TPSA) is 135 Å². The van der Waals surface area contributed by atoms with Crippen LogP contribution in [-0.4, -0.2) is 51.4 Å². The molecule has 0 unspecified atom stereocenters. The molecular formula is C37H46O10. The zero-order chi connectivity index (χ0) is 35.6. The van der Waals surface area contributed by atoms with Gasteiger partial charge in [-0.15, -0.1) is 0 Å². The Kier molecular flexibility index (Phi) is 12.7. The zero-order valence-corrected chi connectivity index (χ0v) is 28.8. The Morgan fingerprint density at radius 1 is 0.553 bits per heavy atom. The molecule has 0 saturated heterocycles. The summed E-state index contributed by atoms with van der Waals surface area (Å²) in [5.74, 6) is -1.50. The second-order valence-electron chi connectivity index (χ2n) is 13.6. The van der Waals surface area contributed by atoms with E-state index in [4.69, 9.17) is 28.8 Å². The second kappa shape index (κ2) is 15.6. The van der Waals surface area contributed by atoms with Crippen molar-refractivity contribution in [2.45, 2.75) is 98.2 Å². The van der Waals surface area contributed by atoms with Gasteiger partial charge in [0.2, 0.25) is 0 Å². The van der Waals surface area contributed by atoms with E-state index >= 15 is 0 Å². The first-order valence-corrected chi connectivity index (χ1v) is 15.1. The summed E-state index contributed by atoms with van der Waals surface area (Å²) in [7, 11) is 0. The highest BCUT2D eigenvalue weighted by molar-refractivity contribution is 5.89. The summed E-state index contributed by atoms with van der Waals surface area (Å²) in [5.41, 5.74) is -2.00. The molecule has 0 aromatic heterocycles. The molecule has 1 N–H and O–H groups in total. The van der Waals surface area contributed by atoms with E-state index < -0.39 is 46.3 Å². The molecule has 254 valence electrons. The van der Waals surface area contributed by atoms with Crippen LogP contribution < -0.4 is 9.47 Å². The third-order valence-electron chi connectivity index (χ3n) is 5.93. The minimum atomic E-state index is -1.15. The molecule has 3 aromatic rings. The number of carboxylic acids is 1. The molecule has 0 spiro atoms. The molecule has 0 bridgehead atoms. The van der Waals surface area contributed by atoms with Crippen LogP contribution in [0.4, 0.5) is 0 Å². The van der Waals surface area contributed by atoms with Crippen molar-refractivity contribution in [1.29, 1.82) is 0 Å². The molecule has 0 atom stereocenters. The van der Waals surface area contributed by atoms with Crippen LogP contribution >= 0.6 is 0 Å². The number of rotatable bonds is 10. The number of aromatic carboxylic acids is 1. The number of carbonyl (C=O) groups is 4. The highest BCUT2D eigenvalue weighted by atomic mass is 16.6. The molecule has 10 nitrogen and oxygen atoms in total. The standard InChI is InChI=1S/C22H26O5.C15H20O5/c1-21(2,3)27-20(24)22(4,5)26-18-13-11-17(12-14-18)19(23)25-15-16-9-7-6-8-10-16;1-14(2,3)20-13(18)15(4,5)19-11-8-6-10(7-9-11)12(16)17/h6-14H,15H2,1-5H3;6-9H,1-5H3,(H,16,17). The summed E-state index contributed by atoms with van der Waals surface area (Å²) in [5, 5.41) is 8.81. The van der Waals surface area contributed by atoms with Crippen LogP contribution in [0.2, 0.25) is 0 Å². The molecule has 0 aliphatic carbocycles. The first-order valence-electron chi connectivity index (χ1n) is 15.1. The van der Waals surface area contributed by atoms with Crippen LogP contribution in [0.25, 0.3) is 0 Å². The Morgan fingerprint density at radius 3 is 1.30 bits per heavy atom. The summed E-state index contributed by atoms with van der Waals surface area (Å²) in [4.78, 5) is 47.2. The van der Waals surface area contributed by atoms with Crippen molar-refractivity contribution in [2.24, 2.45) is 0 Å². The summed E-state index contributed by atoms with van der Waals surface area (Å²) < 4.78 is 27.3. The molecule has 3 aromatic carbocycles. The van der Waals surface area contributed by atoms with E-state index in [9.17, 15) is 19.2 Å². The van der Waals surface area contributed by atoms with E-state index in [1.54, 1.807) is 93.5 Å². The highest BCUT2D eigenvalue weighted by Gasteiger charge is 2.36. The van der Waals surface area contributed by atoms with Crippen molar-refractivity contribution in [3.63, 3.8) is 0 Å². The molecule has 47 heavy (non-hydrogen) atoms. The lowest BCUT2D eigenvalue weighted by Crippen LogP contribution is -2.43. The number of carboxylic acid groups (broad SMARTS) is 1. The SMILES string of the molecule is CC(C)(C)OC(=O)C(C)(C)Oc1ccc(C(=O)O)cc1.CC(C)(C)OC(=O)C(C)(C)Oc1ccc(C(=O)OCc2ccccc2)cc1. The van der Waals surface area contributed by atoms with E-state index in [1.165, 1.54) is 24.3 Å². The largest absolute Gasteiger partial charge is 0.478 e. The average molecular weight is 651 g/mol. The molecule has 0 heterocycles. The van der Waals surface area contributed by atoms with Crippen LogP contribution in [-0.2, 0) is 30.4 Å². The van der Waals surface area contributed by atoms with E-state index in [-0.39, 0.29) is 12.2 Å². The van der Waals surface area contributed by atoms with Crippen molar-refractivity contribution in [3.05, 3.63) is 95.6 Å². The fourth-order valence-electron chi connectivity index (χ4n) is 3.61. The van der Waals surface area contributed by atoms with Gasteiger partial charge in [0.05, 0.1) is 11.1 Å². The van der Waals surface area contributed by atoms with Gasteiger partial charge in [-0.25, -0.2) is 19.2 Å². The maximum absolute atomic E-state index is 12.3. The predicted molar refractivity (Wildman–Crippen MR) is 177 cm³/mol. The summed E-state index contributed by atoms with van der Waals surface area (Å²) >= 11 is 0. The van der Waals surface area contributed by atoms with Gasteiger partial charge in [-0.3, -0.25) is 0 Å². The lowest BCUT2D eigenvalue weighted by molar-refractivity contribution is -0.171. The van der Waals surface area contributed by atoms with Crippen LogP contribution in [0, 0.1) is 0 Å². The quantitative estimate of drug-likeness (QED) is 0.174. The van der Waals surface area contributed by atoms with Gasteiger partial charge in [0.1, 0.15) is 29.3 Å². The Balaban J connectivity index is 0.000000343. The van der Waals surface area contributed by atoms with Gasteiger partial charge < -0.3 is 28.8 Å². The summed E-state index contributed by atoms with van der Waals surface area (Å²) in [6.07, 6.45) is 0. The molecule has 0 aliphatic heterocycles. The van der Waals surface area contributed by atoms with Crippen LogP contribution in [0.5, 0.6) is 11.5 Å². The average Bonchev–Trinajstić information content (AvgIpc) is 2.95. The summed E-state index contributed by atoms with van der Waals surface area (Å²) in [6, 6.07) is 21.8. The molecule has 10 heteroatoms. The number of carbonyl (C=O) groups excluding carboxylic acids is 3. The van der Waals surface area contributed by atoms with Gasteiger partial charge in [0.25, 0.3) is 0 Å². The Bertz CT molecular complexity index is 1490. The fraction of sp³-hybridized carbons (Fsp3) is 0.405. The Labute approximate surface area is 276 Å². The molecular weight excluding hydrogens is 604 g/mol.